The van der Waals surface area contributed by atoms with Crippen LogP contribution in [0.15, 0.2) is 24.3 Å². The first-order valence-electron chi connectivity index (χ1n) is 6.84. The van der Waals surface area contributed by atoms with Gasteiger partial charge >= 0.3 is 0 Å². The molecule has 1 saturated carbocycles. The third-order valence-electron chi connectivity index (χ3n) is 3.99. The van der Waals surface area contributed by atoms with Crippen LogP contribution in [0.25, 0.3) is 0 Å². The number of aryl methyl sites for hydroxylation is 1. The van der Waals surface area contributed by atoms with Gasteiger partial charge in [-0.05, 0) is 31.2 Å². The van der Waals surface area contributed by atoms with Gasteiger partial charge in [0.2, 0.25) is 0 Å². The molecule has 1 unspecified atom stereocenters. The molecule has 2 nitrogen and oxygen atoms in total. The summed E-state index contributed by atoms with van der Waals surface area (Å²) in [6.07, 6.45) is 8.11. The van der Waals surface area contributed by atoms with Gasteiger partial charge in [0.15, 0.2) is 0 Å². The van der Waals surface area contributed by atoms with Crippen LogP contribution >= 0.6 is 0 Å². The smallest absolute Gasteiger partial charge is 0.0488 e. The maximum absolute atomic E-state index is 5.77. The zero-order valence-electron chi connectivity index (χ0n) is 10.8. The number of hydrogen-bond acceptors (Lipinski definition) is 2. The zero-order chi connectivity index (χ0) is 12.1. The Bertz CT molecular complexity index is 323. The highest BCUT2D eigenvalue weighted by Gasteiger charge is 2.22. The summed E-state index contributed by atoms with van der Waals surface area (Å²) < 4.78 is 0. The normalized spacial score (nSPS) is 19.9. The number of nitrogens with one attached hydrogen (secondary N) is 1. The van der Waals surface area contributed by atoms with Gasteiger partial charge in [-0.3, -0.25) is 11.3 Å². The molecule has 0 radical (unpaired) electrons. The first kappa shape index (κ1) is 12.6. The Kier molecular flexibility index (Phi) is 4.57. The van der Waals surface area contributed by atoms with Crippen LogP contribution in [0, 0.1) is 12.8 Å². The summed E-state index contributed by atoms with van der Waals surface area (Å²) in [7, 11) is 0. The van der Waals surface area contributed by atoms with E-state index in [1.165, 1.54) is 49.7 Å². The molecule has 1 aliphatic carbocycles. The van der Waals surface area contributed by atoms with Gasteiger partial charge in [-0.2, -0.15) is 0 Å². The van der Waals surface area contributed by atoms with E-state index in [1.807, 2.05) is 0 Å². The molecule has 1 aliphatic rings. The van der Waals surface area contributed by atoms with E-state index in [9.17, 15) is 0 Å². The summed E-state index contributed by atoms with van der Waals surface area (Å²) in [4.78, 5) is 0. The molecule has 2 heteroatoms. The maximum atomic E-state index is 5.77. The highest BCUT2D eigenvalue weighted by atomic mass is 15.2. The fourth-order valence-corrected chi connectivity index (χ4v) is 2.92. The van der Waals surface area contributed by atoms with Gasteiger partial charge < -0.3 is 0 Å². The number of nitrogens with two attached hydrogens (primary N) is 1. The van der Waals surface area contributed by atoms with Crippen molar-refractivity contribution in [2.24, 2.45) is 11.8 Å². The molecule has 17 heavy (non-hydrogen) atoms. The van der Waals surface area contributed by atoms with Crippen molar-refractivity contribution in [3.63, 3.8) is 0 Å². The summed E-state index contributed by atoms with van der Waals surface area (Å²) in [5, 5.41) is 0. The molecular weight excluding hydrogens is 208 g/mol. The number of benzene rings is 1. The molecule has 1 aromatic carbocycles. The molecule has 0 spiro atoms. The maximum Gasteiger partial charge on any atom is 0.0488 e. The highest BCUT2D eigenvalue weighted by Crippen LogP contribution is 2.33. The van der Waals surface area contributed by atoms with E-state index in [0.717, 1.165) is 0 Å². The van der Waals surface area contributed by atoms with Crippen LogP contribution < -0.4 is 11.3 Å². The minimum absolute atomic E-state index is 0.327. The minimum atomic E-state index is 0.327. The number of hydrazine groups is 1. The van der Waals surface area contributed by atoms with E-state index in [4.69, 9.17) is 5.84 Å². The van der Waals surface area contributed by atoms with Crippen LogP contribution in [0.4, 0.5) is 0 Å². The molecular formula is C15H24N2. The fourth-order valence-electron chi connectivity index (χ4n) is 2.92. The van der Waals surface area contributed by atoms with E-state index in [2.05, 4.69) is 36.6 Å². The van der Waals surface area contributed by atoms with Crippen molar-refractivity contribution in [3.8, 4) is 0 Å². The second kappa shape index (κ2) is 6.18. The van der Waals surface area contributed by atoms with Crippen molar-refractivity contribution in [2.45, 2.75) is 51.5 Å². The van der Waals surface area contributed by atoms with Crippen LogP contribution in [-0.2, 0) is 0 Å². The van der Waals surface area contributed by atoms with Gasteiger partial charge in [0.1, 0.15) is 0 Å². The van der Waals surface area contributed by atoms with Gasteiger partial charge in [0.05, 0.1) is 0 Å². The lowest BCUT2D eigenvalue weighted by Crippen LogP contribution is -2.33. The highest BCUT2D eigenvalue weighted by molar-refractivity contribution is 5.24. The molecule has 1 aromatic rings. The monoisotopic (exact) mass is 232 g/mol. The lowest BCUT2D eigenvalue weighted by atomic mass is 9.87. The van der Waals surface area contributed by atoms with Crippen molar-refractivity contribution < 1.29 is 0 Å². The summed E-state index contributed by atoms with van der Waals surface area (Å²) in [5.74, 6) is 6.47. The fraction of sp³-hybridized carbons (Fsp3) is 0.600. The van der Waals surface area contributed by atoms with Gasteiger partial charge in [-0.25, -0.2) is 0 Å². The Morgan fingerprint density at radius 3 is 2.18 bits per heavy atom. The van der Waals surface area contributed by atoms with Gasteiger partial charge in [-0.1, -0.05) is 55.5 Å². The Labute approximate surface area is 105 Å². The van der Waals surface area contributed by atoms with Crippen LogP contribution in [0.5, 0.6) is 0 Å². The van der Waals surface area contributed by atoms with Crippen LogP contribution in [0.1, 0.15) is 55.7 Å². The summed E-state index contributed by atoms with van der Waals surface area (Å²) in [5.41, 5.74) is 5.68. The summed E-state index contributed by atoms with van der Waals surface area (Å²) in [6, 6.07) is 9.11. The van der Waals surface area contributed by atoms with Crippen LogP contribution in [0.3, 0.4) is 0 Å². The molecule has 3 N–H and O–H groups in total. The average molecular weight is 232 g/mol. The predicted octanol–water partition coefficient (Wildman–Crippen LogP) is 3.47. The second-order valence-corrected chi connectivity index (χ2v) is 5.31. The van der Waals surface area contributed by atoms with Gasteiger partial charge in [0, 0.05) is 6.04 Å². The molecule has 2 rings (SSSR count). The molecule has 0 aromatic heterocycles. The largest absolute Gasteiger partial charge is 0.271 e. The van der Waals surface area contributed by atoms with E-state index < -0.39 is 0 Å². The molecule has 0 amide bonds. The Balaban J connectivity index is 2.11. The quantitative estimate of drug-likeness (QED) is 0.476. The third-order valence-corrected chi connectivity index (χ3v) is 3.99. The molecule has 0 aliphatic heterocycles. The molecule has 0 saturated heterocycles. The lowest BCUT2D eigenvalue weighted by molar-refractivity contribution is 0.329. The minimum Gasteiger partial charge on any atom is -0.271 e. The van der Waals surface area contributed by atoms with Crippen LogP contribution in [0.2, 0.25) is 0 Å². The Morgan fingerprint density at radius 1 is 1.06 bits per heavy atom. The van der Waals surface area contributed by atoms with E-state index in [1.54, 1.807) is 0 Å². The van der Waals surface area contributed by atoms with Crippen LogP contribution in [-0.4, -0.2) is 0 Å². The Morgan fingerprint density at radius 2 is 1.65 bits per heavy atom. The first-order valence-corrected chi connectivity index (χ1v) is 6.84. The molecule has 0 heterocycles. The Hall–Kier alpha value is -0.860. The van der Waals surface area contributed by atoms with Crippen molar-refractivity contribution >= 4 is 0 Å². The van der Waals surface area contributed by atoms with Gasteiger partial charge in [0.25, 0.3) is 0 Å². The lowest BCUT2D eigenvalue weighted by Gasteiger charge is -2.26. The molecule has 0 bridgehead atoms. The van der Waals surface area contributed by atoms with Crippen molar-refractivity contribution in [2.75, 3.05) is 0 Å². The van der Waals surface area contributed by atoms with E-state index in [0.29, 0.717) is 12.0 Å². The topological polar surface area (TPSA) is 38.0 Å². The van der Waals surface area contributed by atoms with Gasteiger partial charge in [-0.15, -0.1) is 0 Å². The number of rotatable bonds is 3. The van der Waals surface area contributed by atoms with Crippen molar-refractivity contribution in [3.05, 3.63) is 35.4 Å². The zero-order valence-corrected chi connectivity index (χ0v) is 10.8. The van der Waals surface area contributed by atoms with E-state index in [-0.39, 0.29) is 0 Å². The molecule has 1 atom stereocenters. The molecule has 1 fully saturated rings. The van der Waals surface area contributed by atoms with Crippen molar-refractivity contribution in [1.82, 2.24) is 5.43 Å². The summed E-state index contributed by atoms with van der Waals surface area (Å²) >= 11 is 0. The molecule has 94 valence electrons. The SMILES string of the molecule is Cc1ccc(C(NN)C2CCCCCC2)cc1. The summed E-state index contributed by atoms with van der Waals surface area (Å²) in [6.45, 7) is 2.13. The first-order chi connectivity index (χ1) is 8.31. The standard InChI is InChI=1S/C15H24N2/c1-12-8-10-14(11-9-12)15(17-16)13-6-4-2-3-5-7-13/h8-11,13,15,17H,2-7,16H2,1H3. The average Bonchev–Trinajstić information content (AvgIpc) is 2.62. The predicted molar refractivity (Wildman–Crippen MR) is 72.4 cm³/mol. The van der Waals surface area contributed by atoms with Crippen molar-refractivity contribution in [1.29, 1.82) is 0 Å². The number of hydrogen-bond donors (Lipinski definition) is 2. The van der Waals surface area contributed by atoms with E-state index >= 15 is 0 Å². The third kappa shape index (κ3) is 3.30. The second-order valence-electron chi connectivity index (χ2n) is 5.31.